The predicted molar refractivity (Wildman–Crippen MR) is 85.8 cm³/mol. The van der Waals surface area contributed by atoms with E-state index in [-0.39, 0.29) is 25.4 Å². The first-order valence-corrected chi connectivity index (χ1v) is 8.11. The fourth-order valence-electron chi connectivity index (χ4n) is 3.32. The summed E-state index contributed by atoms with van der Waals surface area (Å²) < 4.78 is 64.8. The Kier molecular flexibility index (Phi) is 5.13. The Balaban J connectivity index is 1.90. The minimum Gasteiger partial charge on any atom is -0.465 e. The number of alkyl halides is 5. The molecule has 0 saturated carbocycles. The van der Waals surface area contributed by atoms with E-state index in [1.165, 1.54) is 12.1 Å². The van der Waals surface area contributed by atoms with Crippen molar-refractivity contribution in [2.75, 3.05) is 24.5 Å². The first-order chi connectivity index (χ1) is 12.7. The number of nitrogens with zero attached hydrogens (tertiary/aromatic N) is 2. The molecular formula is C16H17F5N4O2. The molecule has 0 fully saturated rings. The van der Waals surface area contributed by atoms with Crippen LogP contribution in [0.2, 0.25) is 0 Å². The first-order valence-electron chi connectivity index (χ1n) is 8.11. The van der Waals surface area contributed by atoms with Gasteiger partial charge >= 0.3 is 18.8 Å². The summed E-state index contributed by atoms with van der Waals surface area (Å²) in [7, 11) is 0. The molecule has 0 saturated heterocycles. The van der Waals surface area contributed by atoms with Crippen LogP contribution in [0.4, 0.5) is 32.4 Å². The Morgan fingerprint density at radius 3 is 2.48 bits per heavy atom. The fourth-order valence-corrected chi connectivity index (χ4v) is 3.32. The molecule has 2 aliphatic rings. The molecule has 0 aromatic heterocycles. The van der Waals surface area contributed by atoms with Crippen molar-refractivity contribution in [2.45, 2.75) is 19.1 Å². The Morgan fingerprint density at radius 1 is 1.26 bits per heavy atom. The third-order valence-corrected chi connectivity index (χ3v) is 4.53. The van der Waals surface area contributed by atoms with E-state index in [1.807, 2.05) is 0 Å². The number of rotatable bonds is 4. The van der Waals surface area contributed by atoms with Crippen LogP contribution in [0.3, 0.4) is 0 Å². The zero-order valence-corrected chi connectivity index (χ0v) is 13.9. The van der Waals surface area contributed by atoms with E-state index in [1.54, 1.807) is 4.90 Å². The molecule has 1 aromatic rings. The number of carboxylic acid groups (broad SMARTS) is 1. The summed E-state index contributed by atoms with van der Waals surface area (Å²) in [6.45, 7) is -2.35. The molecule has 1 unspecified atom stereocenters. The van der Waals surface area contributed by atoms with Gasteiger partial charge < -0.3 is 15.3 Å². The number of anilines is 1. The van der Waals surface area contributed by atoms with E-state index < -0.39 is 24.4 Å². The second-order valence-electron chi connectivity index (χ2n) is 6.29. The van der Waals surface area contributed by atoms with Crippen LogP contribution < -0.4 is 15.6 Å². The second kappa shape index (κ2) is 7.22. The summed E-state index contributed by atoms with van der Waals surface area (Å²) in [6, 6.07) is 4.43. The maximum atomic E-state index is 13.2. The van der Waals surface area contributed by atoms with Gasteiger partial charge in [-0.3, -0.25) is 5.01 Å². The van der Waals surface area contributed by atoms with E-state index >= 15 is 0 Å². The van der Waals surface area contributed by atoms with Crippen molar-refractivity contribution in [2.24, 2.45) is 5.92 Å². The van der Waals surface area contributed by atoms with Gasteiger partial charge in [-0.05, 0) is 36.6 Å². The lowest BCUT2D eigenvalue weighted by atomic mass is 9.96. The van der Waals surface area contributed by atoms with Gasteiger partial charge in [-0.15, -0.1) is 0 Å². The summed E-state index contributed by atoms with van der Waals surface area (Å²) >= 11 is 0. The lowest BCUT2D eigenvalue weighted by Crippen LogP contribution is -2.41. The van der Waals surface area contributed by atoms with E-state index in [2.05, 4.69) is 10.7 Å². The average Bonchev–Trinajstić information content (AvgIpc) is 3.02. The Hall–Kier alpha value is -2.56. The highest BCUT2D eigenvalue weighted by molar-refractivity contribution is 5.64. The van der Waals surface area contributed by atoms with Gasteiger partial charge in [0.15, 0.2) is 0 Å². The normalized spacial score (nSPS) is 20.3. The maximum absolute atomic E-state index is 13.2. The molecule has 3 N–H and O–H groups in total. The van der Waals surface area contributed by atoms with Crippen molar-refractivity contribution >= 4 is 11.8 Å². The summed E-state index contributed by atoms with van der Waals surface area (Å²) in [4.78, 5) is 12.4. The van der Waals surface area contributed by atoms with E-state index in [0.29, 0.717) is 23.6 Å². The summed E-state index contributed by atoms with van der Waals surface area (Å²) in [5.74, 6) is -0.316. The van der Waals surface area contributed by atoms with Crippen LogP contribution in [0.25, 0.3) is 0 Å². The van der Waals surface area contributed by atoms with Crippen molar-refractivity contribution < 1.29 is 31.9 Å². The standard InChI is InChI=1S/C16H17F5N4O2/c17-14(18)25-12-5-9(6-22-15(26)27)8-24(13(12)7-23-25)11-3-1-10(2-4-11)16(19,20)21/h1-4,9,14,22-23H,5-8H2,(H,26,27). The SMILES string of the molecule is O=C(O)NCC1CC2=C(CNN2C(F)F)N(c2ccc(C(F)(F)F)cc2)C1. The smallest absolute Gasteiger partial charge is 0.416 e. The third-order valence-electron chi connectivity index (χ3n) is 4.53. The Labute approximate surface area is 151 Å². The zero-order valence-electron chi connectivity index (χ0n) is 13.9. The van der Waals surface area contributed by atoms with Gasteiger partial charge in [0.05, 0.1) is 23.5 Å². The lowest BCUT2D eigenvalue weighted by molar-refractivity contribution is -0.137. The molecule has 0 bridgehead atoms. The molecule has 6 nitrogen and oxygen atoms in total. The molecule has 1 atom stereocenters. The van der Waals surface area contributed by atoms with Crippen LogP contribution in [0.5, 0.6) is 0 Å². The molecule has 3 rings (SSSR count). The molecule has 27 heavy (non-hydrogen) atoms. The van der Waals surface area contributed by atoms with Crippen molar-refractivity contribution in [3.63, 3.8) is 0 Å². The minimum atomic E-state index is -4.47. The summed E-state index contributed by atoms with van der Waals surface area (Å²) in [5, 5.41) is 11.7. The van der Waals surface area contributed by atoms with Crippen LogP contribution in [0, 0.1) is 5.92 Å². The summed E-state index contributed by atoms with van der Waals surface area (Å²) in [5.41, 5.74) is 3.05. The molecular weight excluding hydrogens is 375 g/mol. The van der Waals surface area contributed by atoms with Crippen molar-refractivity contribution in [3.05, 3.63) is 41.2 Å². The fraction of sp³-hybridized carbons (Fsp3) is 0.438. The van der Waals surface area contributed by atoms with Crippen LogP contribution in [0.1, 0.15) is 12.0 Å². The van der Waals surface area contributed by atoms with Gasteiger partial charge in [0.25, 0.3) is 0 Å². The van der Waals surface area contributed by atoms with Gasteiger partial charge in [-0.1, -0.05) is 0 Å². The molecule has 1 amide bonds. The molecule has 2 heterocycles. The molecule has 0 aliphatic carbocycles. The number of hydrogen-bond donors (Lipinski definition) is 3. The van der Waals surface area contributed by atoms with E-state index in [9.17, 15) is 26.7 Å². The van der Waals surface area contributed by atoms with Crippen LogP contribution in [0.15, 0.2) is 35.7 Å². The van der Waals surface area contributed by atoms with Gasteiger partial charge in [0.1, 0.15) is 0 Å². The number of allylic oxidation sites excluding steroid dienone is 1. The molecule has 0 spiro atoms. The number of amides is 1. The second-order valence-corrected chi connectivity index (χ2v) is 6.29. The van der Waals surface area contributed by atoms with Crippen molar-refractivity contribution in [1.29, 1.82) is 0 Å². The van der Waals surface area contributed by atoms with Crippen molar-refractivity contribution in [3.8, 4) is 0 Å². The highest BCUT2D eigenvalue weighted by atomic mass is 19.4. The lowest BCUT2D eigenvalue weighted by Gasteiger charge is -2.36. The topological polar surface area (TPSA) is 67.8 Å². The Bertz CT molecular complexity index is 735. The summed E-state index contributed by atoms with van der Waals surface area (Å²) in [6.07, 6.45) is -5.48. The number of halogens is 5. The maximum Gasteiger partial charge on any atom is 0.416 e. The van der Waals surface area contributed by atoms with E-state index in [0.717, 1.165) is 17.1 Å². The highest BCUT2D eigenvalue weighted by Gasteiger charge is 2.38. The average molecular weight is 392 g/mol. The highest BCUT2D eigenvalue weighted by Crippen LogP contribution is 2.37. The molecule has 11 heteroatoms. The molecule has 0 radical (unpaired) electrons. The number of benzene rings is 1. The van der Waals surface area contributed by atoms with Crippen LogP contribution in [-0.2, 0) is 6.18 Å². The quantitative estimate of drug-likeness (QED) is 0.543. The number of hydrogen-bond acceptors (Lipinski definition) is 4. The zero-order chi connectivity index (χ0) is 19.8. The van der Waals surface area contributed by atoms with Crippen molar-refractivity contribution in [1.82, 2.24) is 15.8 Å². The largest absolute Gasteiger partial charge is 0.465 e. The number of carbonyl (C=O) groups is 1. The van der Waals surface area contributed by atoms with Crippen LogP contribution >= 0.6 is 0 Å². The predicted octanol–water partition coefficient (Wildman–Crippen LogP) is 3.05. The van der Waals surface area contributed by atoms with Gasteiger partial charge in [0.2, 0.25) is 0 Å². The third kappa shape index (κ3) is 4.07. The van der Waals surface area contributed by atoms with Crippen LogP contribution in [-0.4, -0.2) is 42.4 Å². The van der Waals surface area contributed by atoms with Gasteiger partial charge in [-0.25, -0.2) is 10.2 Å². The number of hydrazine groups is 1. The molecule has 1 aromatic carbocycles. The van der Waals surface area contributed by atoms with Gasteiger partial charge in [-0.2, -0.15) is 22.0 Å². The molecule has 2 aliphatic heterocycles. The van der Waals surface area contributed by atoms with Gasteiger partial charge in [0, 0.05) is 18.8 Å². The molecule has 148 valence electrons. The number of nitrogens with one attached hydrogen (secondary N) is 2. The Morgan fingerprint density at radius 2 is 1.93 bits per heavy atom. The monoisotopic (exact) mass is 392 g/mol. The minimum absolute atomic E-state index is 0.0420. The first kappa shape index (κ1) is 19.2. The van der Waals surface area contributed by atoms with E-state index in [4.69, 9.17) is 5.11 Å².